The summed E-state index contributed by atoms with van der Waals surface area (Å²) in [5.74, 6) is 1.33. The molecule has 0 spiro atoms. The van der Waals surface area contributed by atoms with Crippen molar-refractivity contribution in [3.8, 4) is 5.75 Å². The molecule has 12 nitrogen and oxygen atoms in total. The summed E-state index contributed by atoms with van der Waals surface area (Å²) in [5.41, 5.74) is 4.24. The predicted octanol–water partition coefficient (Wildman–Crippen LogP) is 4.35. The molecule has 3 aromatic heterocycles. The summed E-state index contributed by atoms with van der Waals surface area (Å²) >= 11 is 0. The summed E-state index contributed by atoms with van der Waals surface area (Å²) in [7, 11) is 4.07. The summed E-state index contributed by atoms with van der Waals surface area (Å²) in [6.45, 7) is 5.50. The van der Waals surface area contributed by atoms with Crippen LogP contribution in [0.15, 0.2) is 60.7 Å². The van der Waals surface area contributed by atoms with E-state index in [0.29, 0.717) is 22.7 Å². The second-order valence-corrected chi connectivity index (χ2v) is 12.5. The van der Waals surface area contributed by atoms with E-state index in [0.717, 1.165) is 80.2 Å². The minimum Gasteiger partial charge on any atom is -0.452 e. The van der Waals surface area contributed by atoms with E-state index in [1.807, 2.05) is 42.2 Å². The van der Waals surface area contributed by atoms with Gasteiger partial charge in [0.1, 0.15) is 17.2 Å². The summed E-state index contributed by atoms with van der Waals surface area (Å²) in [4.78, 5) is 42.4. The Kier molecular flexibility index (Phi) is 7.10. The van der Waals surface area contributed by atoms with Crippen LogP contribution in [0.25, 0.3) is 17.1 Å². The van der Waals surface area contributed by atoms with Gasteiger partial charge >= 0.3 is 6.03 Å². The van der Waals surface area contributed by atoms with Gasteiger partial charge in [-0.25, -0.2) is 14.8 Å². The van der Waals surface area contributed by atoms with Crippen molar-refractivity contribution in [1.29, 1.82) is 0 Å². The third-order valence-corrected chi connectivity index (χ3v) is 9.29. The Bertz CT molecular complexity index is 1850. The van der Waals surface area contributed by atoms with Crippen LogP contribution in [0.2, 0.25) is 0 Å². The number of rotatable bonds is 5. The van der Waals surface area contributed by atoms with Crippen molar-refractivity contribution in [2.24, 2.45) is 7.05 Å². The monoisotopic (exact) mass is 620 g/mol. The molecule has 3 saturated heterocycles. The van der Waals surface area contributed by atoms with Crippen molar-refractivity contribution in [2.45, 2.75) is 25.0 Å². The van der Waals surface area contributed by atoms with Gasteiger partial charge < -0.3 is 39.4 Å². The Morgan fingerprint density at radius 1 is 0.935 bits per heavy atom. The van der Waals surface area contributed by atoms with E-state index in [2.05, 4.69) is 42.3 Å². The fourth-order valence-electron chi connectivity index (χ4n) is 6.89. The van der Waals surface area contributed by atoms with Crippen molar-refractivity contribution in [1.82, 2.24) is 19.4 Å². The number of aromatic nitrogens is 3. The topological polar surface area (TPSA) is 117 Å². The zero-order valence-corrected chi connectivity index (χ0v) is 25.9. The van der Waals surface area contributed by atoms with E-state index < -0.39 is 6.03 Å². The molecule has 0 saturated carbocycles. The molecule has 236 valence electrons. The van der Waals surface area contributed by atoms with E-state index in [9.17, 15) is 9.59 Å². The molecule has 0 aliphatic carbocycles. The number of piperazine rings is 1. The van der Waals surface area contributed by atoms with Gasteiger partial charge in [0.05, 0.1) is 35.3 Å². The molecule has 4 aromatic rings. The number of ether oxygens (including phenoxy) is 2. The van der Waals surface area contributed by atoms with Crippen LogP contribution in [0.3, 0.4) is 0 Å². The molecule has 2 atom stereocenters. The molecule has 2 unspecified atom stereocenters. The van der Waals surface area contributed by atoms with Crippen molar-refractivity contribution < 1.29 is 19.1 Å². The highest BCUT2D eigenvalue weighted by atomic mass is 16.5. The van der Waals surface area contributed by atoms with Crippen LogP contribution >= 0.6 is 0 Å². The number of hydrogen-bond acceptors (Lipinski definition) is 9. The first-order valence-electron chi connectivity index (χ1n) is 15.8. The number of carbonyl (C=O) groups is 2. The molecule has 0 radical (unpaired) electrons. The van der Waals surface area contributed by atoms with Crippen molar-refractivity contribution >= 4 is 51.8 Å². The molecule has 8 rings (SSSR count). The normalized spacial score (nSPS) is 22.0. The Labute approximate surface area is 266 Å². The molecule has 12 heteroatoms. The number of amides is 2. The number of Topliss-reactive ketones (excluding diaryl/α,β-unsaturated/α-hetero) is 1. The number of urea groups is 1. The summed E-state index contributed by atoms with van der Waals surface area (Å²) < 4.78 is 14.1. The quantitative estimate of drug-likeness (QED) is 0.314. The van der Waals surface area contributed by atoms with Crippen LogP contribution in [-0.4, -0.2) is 89.8 Å². The van der Waals surface area contributed by atoms with Crippen LogP contribution in [0.1, 0.15) is 28.8 Å². The van der Waals surface area contributed by atoms with Gasteiger partial charge in [-0.3, -0.25) is 4.79 Å². The Morgan fingerprint density at radius 3 is 2.46 bits per heavy atom. The van der Waals surface area contributed by atoms with Gasteiger partial charge in [-0.05, 0) is 62.4 Å². The molecular formula is C34H36N8O4. The van der Waals surface area contributed by atoms with Crippen LogP contribution < -0.4 is 25.2 Å². The van der Waals surface area contributed by atoms with Crippen molar-refractivity contribution in [3.05, 3.63) is 71.9 Å². The number of benzene rings is 1. The molecule has 46 heavy (non-hydrogen) atoms. The average molecular weight is 621 g/mol. The third kappa shape index (κ3) is 5.33. The van der Waals surface area contributed by atoms with Gasteiger partial charge in [-0.1, -0.05) is 0 Å². The number of nitrogens with zero attached hydrogens (tertiary/aromatic N) is 6. The number of carbonyl (C=O) groups excluding carboxylic acids is 2. The average Bonchev–Trinajstić information content (AvgIpc) is 3.68. The lowest BCUT2D eigenvalue weighted by atomic mass is 10.1. The Morgan fingerprint density at radius 2 is 1.70 bits per heavy atom. The Balaban J connectivity index is 0.975. The largest absolute Gasteiger partial charge is 0.452 e. The maximum atomic E-state index is 13.5. The Hall–Kier alpha value is -4.94. The standard InChI is InChI=1S/C34H36N8O4/c1-39-11-13-41(14-12-39)30-8-4-23(17-36-30)38-34(44)37-22-3-7-28-26(16-22)32(43)29(46-28)15-21-18-40(2)33-31(21)27(9-10-35-33)42-19-24-5-6-25(20-42)45-24/h3-4,7-10,15-18,24-25H,5-6,11-14,19-20H2,1-2H3,(H2,37,38,44)/b29-15-. The zero-order valence-electron chi connectivity index (χ0n) is 25.9. The fourth-order valence-corrected chi connectivity index (χ4v) is 6.89. The van der Waals surface area contributed by atoms with Crippen molar-refractivity contribution in [2.75, 3.05) is 66.7 Å². The predicted molar refractivity (Wildman–Crippen MR) is 177 cm³/mol. The van der Waals surface area contributed by atoms with E-state index in [-0.39, 0.29) is 23.8 Å². The number of hydrogen-bond donors (Lipinski definition) is 2. The number of pyridine rings is 2. The molecule has 1 aromatic carbocycles. The van der Waals surface area contributed by atoms with E-state index >= 15 is 0 Å². The molecule has 4 aliphatic heterocycles. The van der Waals surface area contributed by atoms with Crippen LogP contribution in [0.5, 0.6) is 5.75 Å². The lowest BCUT2D eigenvalue weighted by molar-refractivity contribution is 0.0306. The minimum absolute atomic E-state index is 0.229. The smallest absolute Gasteiger partial charge is 0.323 e. The van der Waals surface area contributed by atoms with Gasteiger partial charge in [0.25, 0.3) is 0 Å². The van der Waals surface area contributed by atoms with E-state index in [1.54, 1.807) is 30.5 Å². The second kappa shape index (κ2) is 11.5. The van der Waals surface area contributed by atoms with Gasteiger partial charge in [0, 0.05) is 75.3 Å². The minimum atomic E-state index is -0.427. The fraction of sp³-hybridized carbons (Fsp3) is 0.353. The van der Waals surface area contributed by atoms with Crippen LogP contribution in [0, 0.1) is 0 Å². The van der Waals surface area contributed by atoms with Crippen LogP contribution in [-0.2, 0) is 11.8 Å². The first kappa shape index (κ1) is 28.5. The number of allylic oxidation sites excluding steroid dienone is 1. The van der Waals surface area contributed by atoms with Gasteiger partial charge in [-0.15, -0.1) is 0 Å². The highest BCUT2D eigenvalue weighted by molar-refractivity contribution is 6.16. The molecule has 7 heterocycles. The first-order valence-corrected chi connectivity index (χ1v) is 15.8. The number of morpholine rings is 1. The summed E-state index contributed by atoms with van der Waals surface area (Å²) in [6, 6.07) is 10.4. The zero-order chi connectivity index (χ0) is 31.4. The maximum Gasteiger partial charge on any atom is 0.323 e. The molecule has 2 amide bonds. The van der Waals surface area contributed by atoms with Gasteiger partial charge in [0.2, 0.25) is 5.78 Å². The lowest BCUT2D eigenvalue weighted by Gasteiger charge is -2.34. The van der Waals surface area contributed by atoms with Crippen LogP contribution in [0.4, 0.5) is 27.7 Å². The van der Waals surface area contributed by atoms with E-state index in [4.69, 9.17) is 9.47 Å². The summed E-state index contributed by atoms with van der Waals surface area (Å²) in [5, 5.41) is 6.63. The third-order valence-electron chi connectivity index (χ3n) is 9.29. The molecule has 3 fully saturated rings. The number of fused-ring (bicyclic) bond motifs is 4. The summed E-state index contributed by atoms with van der Waals surface area (Å²) in [6.07, 6.45) is 9.93. The molecular weight excluding hydrogens is 584 g/mol. The number of nitrogens with one attached hydrogen (secondary N) is 2. The highest BCUT2D eigenvalue weighted by Crippen LogP contribution is 2.38. The SMILES string of the molecule is CN1CCN(c2ccc(NC(=O)Nc3ccc4c(c3)C(=O)/C(=C/c3cn(C)c5nccc(N6CC7CCC(C6)O7)c35)O4)cn2)CC1. The first-order chi connectivity index (χ1) is 22.4. The molecule has 4 aliphatic rings. The van der Waals surface area contributed by atoms with E-state index in [1.165, 1.54) is 0 Å². The molecule has 2 N–H and O–H groups in total. The lowest BCUT2D eigenvalue weighted by Crippen LogP contribution is -2.44. The number of likely N-dealkylation sites (N-methyl/N-ethyl adjacent to an activating group) is 1. The molecule has 2 bridgehead atoms. The maximum absolute atomic E-state index is 13.5. The second-order valence-electron chi connectivity index (χ2n) is 12.5. The number of aryl methyl sites for hydroxylation is 1. The van der Waals surface area contributed by atoms with Gasteiger partial charge in [-0.2, -0.15) is 0 Å². The highest BCUT2D eigenvalue weighted by Gasteiger charge is 2.35. The van der Waals surface area contributed by atoms with Gasteiger partial charge in [0.15, 0.2) is 5.76 Å². The van der Waals surface area contributed by atoms with Crippen molar-refractivity contribution in [3.63, 3.8) is 0 Å². The number of anilines is 4. The number of ketones is 1.